The third-order valence-corrected chi connectivity index (χ3v) is 11.2. The summed E-state index contributed by atoms with van der Waals surface area (Å²) in [5.74, 6) is 0.440. The van der Waals surface area contributed by atoms with Crippen LogP contribution in [0.1, 0.15) is 33.7 Å². The van der Waals surface area contributed by atoms with E-state index in [9.17, 15) is 0 Å². The van der Waals surface area contributed by atoms with Gasteiger partial charge >= 0.3 is 0 Å². The van der Waals surface area contributed by atoms with E-state index in [1.54, 1.807) is 0 Å². The zero-order chi connectivity index (χ0) is 35.1. The predicted molar refractivity (Wildman–Crippen MR) is 224 cm³/mol. The van der Waals surface area contributed by atoms with Gasteiger partial charge in [0.1, 0.15) is 0 Å². The summed E-state index contributed by atoms with van der Waals surface area (Å²) < 4.78 is 0. The molecule has 0 heteroatoms. The Labute approximate surface area is 311 Å². The van der Waals surface area contributed by atoms with Gasteiger partial charge < -0.3 is 0 Å². The highest BCUT2D eigenvalue weighted by Gasteiger charge is 2.21. The monoisotopic (exact) mass is 674 g/mol. The standard InChI is InChI=1S/C53H38/c1-4-12-37(13-5-1)46-32-47(38-14-6-2-7-15-38)35-50(34-46)52(40-16-8-3-9-17-40)42-24-22-39(23-25-42)44-27-26-43-28-36-29-45-20-10-18-41-19-11-21-51(53(41)45)49(30-36)33-48(43)31-44/h1-28,30-36,52H,29H2. The Kier molecular flexibility index (Phi) is 7.81. The minimum absolute atomic E-state index is 0.0760. The second kappa shape index (κ2) is 13.2. The van der Waals surface area contributed by atoms with E-state index in [0.717, 1.165) is 6.42 Å². The first kappa shape index (κ1) is 31.3. The maximum Gasteiger partial charge on any atom is 0.0340 e. The second-order valence-corrected chi connectivity index (χ2v) is 14.5. The van der Waals surface area contributed by atoms with Gasteiger partial charge in [-0.15, -0.1) is 0 Å². The zero-order valence-corrected chi connectivity index (χ0v) is 29.5. The van der Waals surface area contributed by atoms with Crippen LogP contribution >= 0.6 is 0 Å². The van der Waals surface area contributed by atoms with Crippen LogP contribution < -0.4 is 10.4 Å². The molecule has 2 unspecified atom stereocenters. The number of benzene rings is 8. The van der Waals surface area contributed by atoms with Crippen molar-refractivity contribution in [1.82, 2.24) is 0 Å². The lowest BCUT2D eigenvalue weighted by atomic mass is 9.82. The highest BCUT2D eigenvalue weighted by Crippen LogP contribution is 2.39. The highest BCUT2D eigenvalue weighted by molar-refractivity contribution is 6.04. The molecule has 2 bridgehead atoms. The van der Waals surface area contributed by atoms with Crippen LogP contribution in [0.4, 0.5) is 0 Å². The predicted octanol–water partition coefficient (Wildman–Crippen LogP) is 11.9. The molecular formula is C53H38. The van der Waals surface area contributed by atoms with Gasteiger partial charge in [-0.3, -0.25) is 0 Å². The fourth-order valence-electron chi connectivity index (χ4n) is 8.63. The van der Waals surface area contributed by atoms with Crippen molar-refractivity contribution in [3.8, 4) is 33.4 Å². The Morgan fingerprint density at radius 2 is 1.00 bits per heavy atom. The molecule has 0 amide bonds. The molecule has 0 radical (unpaired) electrons. The summed E-state index contributed by atoms with van der Waals surface area (Å²) >= 11 is 0. The van der Waals surface area contributed by atoms with Crippen LogP contribution in [0, 0.1) is 5.92 Å². The van der Waals surface area contributed by atoms with Gasteiger partial charge in [0.25, 0.3) is 0 Å². The molecule has 2 aliphatic rings. The van der Waals surface area contributed by atoms with Crippen molar-refractivity contribution in [2.75, 3.05) is 0 Å². The van der Waals surface area contributed by atoms with Crippen LogP contribution in [0.15, 0.2) is 194 Å². The summed E-state index contributed by atoms with van der Waals surface area (Å²) in [7, 11) is 0. The molecule has 8 aromatic carbocycles. The number of hydrogen-bond acceptors (Lipinski definition) is 0. The van der Waals surface area contributed by atoms with E-state index in [1.165, 1.54) is 88.0 Å². The molecule has 0 heterocycles. The molecule has 0 spiro atoms. The van der Waals surface area contributed by atoms with Crippen LogP contribution in [0.3, 0.4) is 0 Å². The normalized spacial score (nSPS) is 14.9. The third kappa shape index (κ3) is 5.93. The lowest BCUT2D eigenvalue weighted by molar-refractivity contribution is 0.858. The van der Waals surface area contributed by atoms with Gasteiger partial charge in [0, 0.05) is 11.8 Å². The van der Waals surface area contributed by atoms with Gasteiger partial charge in [0.05, 0.1) is 0 Å². The van der Waals surface area contributed by atoms with Gasteiger partial charge in [0.15, 0.2) is 0 Å². The largest absolute Gasteiger partial charge is 0.0694 e. The van der Waals surface area contributed by atoms with E-state index in [4.69, 9.17) is 0 Å². The lowest BCUT2D eigenvalue weighted by Gasteiger charge is -2.22. The van der Waals surface area contributed by atoms with E-state index >= 15 is 0 Å². The van der Waals surface area contributed by atoms with Gasteiger partial charge in [-0.25, -0.2) is 0 Å². The number of rotatable bonds is 6. The molecule has 2 atom stereocenters. The van der Waals surface area contributed by atoms with Crippen LogP contribution in [0.25, 0.3) is 61.9 Å². The molecule has 0 saturated heterocycles. The minimum atomic E-state index is 0.0760. The van der Waals surface area contributed by atoms with Crippen molar-refractivity contribution in [1.29, 1.82) is 0 Å². The van der Waals surface area contributed by atoms with Crippen molar-refractivity contribution in [3.05, 3.63) is 232 Å². The quantitative estimate of drug-likeness (QED) is 0.154. The van der Waals surface area contributed by atoms with Crippen molar-refractivity contribution in [2.45, 2.75) is 12.3 Å². The van der Waals surface area contributed by atoms with Crippen molar-refractivity contribution in [3.63, 3.8) is 0 Å². The van der Waals surface area contributed by atoms with E-state index in [2.05, 4.69) is 206 Å². The molecule has 250 valence electrons. The molecule has 0 fully saturated rings. The Morgan fingerprint density at radius 3 is 1.70 bits per heavy atom. The zero-order valence-electron chi connectivity index (χ0n) is 29.5. The average molecular weight is 675 g/mol. The molecule has 0 saturated carbocycles. The van der Waals surface area contributed by atoms with Crippen LogP contribution in [-0.4, -0.2) is 0 Å². The van der Waals surface area contributed by atoms with Crippen molar-refractivity contribution >= 4 is 28.5 Å². The summed E-state index contributed by atoms with van der Waals surface area (Å²) in [6.45, 7) is 0. The highest BCUT2D eigenvalue weighted by atomic mass is 14.2. The summed E-state index contributed by atoms with van der Waals surface area (Å²) in [4.78, 5) is 0. The molecule has 53 heavy (non-hydrogen) atoms. The summed E-state index contributed by atoms with van der Waals surface area (Å²) in [5, 5.41) is 5.32. The first-order chi connectivity index (χ1) is 26.2. The van der Waals surface area contributed by atoms with Crippen LogP contribution in [0.5, 0.6) is 0 Å². The summed E-state index contributed by atoms with van der Waals surface area (Å²) in [5.41, 5.74) is 15.3. The molecule has 0 N–H and O–H groups in total. The number of fused-ring (bicyclic) bond motifs is 3. The van der Waals surface area contributed by atoms with Crippen molar-refractivity contribution < 1.29 is 0 Å². The summed E-state index contributed by atoms with van der Waals surface area (Å²) in [6.07, 6.45) is 8.38. The van der Waals surface area contributed by atoms with Gasteiger partial charge in [-0.05, 0) is 113 Å². The molecule has 8 aromatic rings. The van der Waals surface area contributed by atoms with Crippen molar-refractivity contribution in [2.24, 2.45) is 5.92 Å². The Bertz CT molecular complexity index is 2710. The van der Waals surface area contributed by atoms with E-state index in [1.807, 2.05) is 0 Å². The first-order valence-corrected chi connectivity index (χ1v) is 18.7. The Morgan fingerprint density at radius 1 is 0.396 bits per heavy atom. The van der Waals surface area contributed by atoms with Gasteiger partial charge in [0.2, 0.25) is 0 Å². The fraction of sp³-hybridized carbons (Fsp3) is 0.0566. The lowest BCUT2D eigenvalue weighted by Crippen LogP contribution is -2.25. The maximum atomic E-state index is 2.48. The Hall–Kier alpha value is -6.50. The van der Waals surface area contributed by atoms with E-state index < -0.39 is 0 Å². The van der Waals surface area contributed by atoms with Crippen LogP contribution in [-0.2, 0) is 6.42 Å². The second-order valence-electron chi connectivity index (χ2n) is 14.5. The maximum absolute atomic E-state index is 2.48. The fourth-order valence-corrected chi connectivity index (χ4v) is 8.63. The van der Waals surface area contributed by atoms with Gasteiger partial charge in [-0.2, -0.15) is 0 Å². The number of hydrogen-bond donors (Lipinski definition) is 0. The third-order valence-electron chi connectivity index (χ3n) is 11.2. The first-order valence-electron chi connectivity index (χ1n) is 18.7. The topological polar surface area (TPSA) is 0 Å². The molecule has 10 rings (SSSR count). The molecule has 0 nitrogen and oxygen atoms in total. The summed E-state index contributed by atoms with van der Waals surface area (Å²) in [6, 6.07) is 69.4. The van der Waals surface area contributed by atoms with E-state index in [0.29, 0.717) is 5.92 Å². The molecular weight excluding hydrogens is 637 g/mol. The minimum Gasteiger partial charge on any atom is -0.0694 e. The average Bonchev–Trinajstić information content (AvgIpc) is 3.50. The van der Waals surface area contributed by atoms with Crippen LogP contribution in [0.2, 0.25) is 0 Å². The molecule has 0 aliphatic heterocycles. The molecule has 2 aliphatic carbocycles. The SMILES string of the molecule is C1=C2C=c3cc(-c4ccc(C(c5ccccc5)c5cc(-c6ccccc6)cc(-c6ccccc6)c5)cc4)ccc3=CC1Cc1cccc3cccc2c13. The Balaban J connectivity index is 1.06. The molecule has 0 aromatic heterocycles. The number of allylic oxidation sites excluding steroid dienone is 2. The van der Waals surface area contributed by atoms with Gasteiger partial charge in [-0.1, -0.05) is 188 Å². The van der Waals surface area contributed by atoms with E-state index in [-0.39, 0.29) is 5.92 Å². The smallest absolute Gasteiger partial charge is 0.0340 e.